The second-order valence-electron chi connectivity index (χ2n) is 14.0. The lowest BCUT2D eigenvalue weighted by atomic mass is 9.68. The van der Waals surface area contributed by atoms with Crippen LogP contribution >= 0.6 is 0 Å². The summed E-state index contributed by atoms with van der Waals surface area (Å²) in [7, 11) is 0. The lowest BCUT2D eigenvalue weighted by Gasteiger charge is -2.28. The Balaban J connectivity index is 2.60. The normalized spacial score (nSPS) is 19.7. The number of aliphatic hydroxyl groups is 3. The van der Waals surface area contributed by atoms with Gasteiger partial charge in [0, 0.05) is 12.8 Å². The zero-order chi connectivity index (χ0) is 34.9. The molecule has 1 aliphatic carbocycles. The Labute approximate surface area is 285 Å². The maximum Gasteiger partial charge on any atom is 0.231 e. The highest BCUT2D eigenvalue weighted by Gasteiger charge is 2.64. The largest absolute Gasteiger partial charge is 0.387 e. The van der Waals surface area contributed by atoms with Crippen LogP contribution in [0.25, 0.3) is 0 Å². The number of unbranched alkanes of at least 4 members (excludes halogenated alkanes) is 24. The number of aliphatic hydroxyl groups excluding tert-OH is 3. The number of hydrogen-bond donors (Lipinski definition) is 3. The van der Waals surface area contributed by atoms with Crippen LogP contribution in [-0.4, -0.2) is 62.5 Å². The van der Waals surface area contributed by atoms with Crippen molar-refractivity contribution in [2.24, 2.45) is 5.41 Å². The molecule has 0 heterocycles. The first-order valence-electron chi connectivity index (χ1n) is 19.4. The van der Waals surface area contributed by atoms with E-state index in [0.29, 0.717) is 25.7 Å². The van der Waals surface area contributed by atoms with Crippen molar-refractivity contribution < 1.29 is 39.3 Å². The predicted molar refractivity (Wildman–Crippen MR) is 186 cm³/mol. The quantitative estimate of drug-likeness (QED) is 0.0304. The molecule has 3 atom stereocenters. The average Bonchev–Trinajstić information content (AvgIpc) is 3.11. The van der Waals surface area contributed by atoms with Crippen LogP contribution in [-0.2, 0) is 24.0 Å². The fourth-order valence-corrected chi connectivity index (χ4v) is 6.80. The van der Waals surface area contributed by atoms with E-state index in [9.17, 15) is 39.3 Å². The van der Waals surface area contributed by atoms with E-state index in [1.165, 1.54) is 89.9 Å². The van der Waals surface area contributed by atoms with Crippen molar-refractivity contribution in [3.05, 3.63) is 0 Å². The molecule has 0 aromatic carbocycles. The molecule has 8 nitrogen and oxygen atoms in total. The fraction of sp³-hybridized carbons (Fsp3) is 0.872. The summed E-state index contributed by atoms with van der Waals surface area (Å²) in [4.78, 5) is 66.6. The number of rotatable bonds is 30. The van der Waals surface area contributed by atoms with Gasteiger partial charge in [-0.05, 0) is 12.8 Å². The Morgan fingerprint density at radius 3 is 1.04 bits per heavy atom. The van der Waals surface area contributed by atoms with Gasteiger partial charge in [-0.2, -0.15) is 0 Å². The van der Waals surface area contributed by atoms with Gasteiger partial charge in [0.2, 0.25) is 17.0 Å². The molecule has 1 fully saturated rings. The van der Waals surface area contributed by atoms with Crippen molar-refractivity contribution in [3.63, 3.8) is 0 Å². The Kier molecular flexibility index (Phi) is 24.1. The van der Waals surface area contributed by atoms with Crippen LogP contribution in [0.2, 0.25) is 0 Å². The number of hydrogen-bond acceptors (Lipinski definition) is 8. The van der Waals surface area contributed by atoms with Crippen LogP contribution < -0.4 is 0 Å². The van der Waals surface area contributed by atoms with Gasteiger partial charge < -0.3 is 15.3 Å². The van der Waals surface area contributed by atoms with Crippen LogP contribution in [0.1, 0.15) is 194 Å². The first-order valence-corrected chi connectivity index (χ1v) is 19.4. The van der Waals surface area contributed by atoms with Crippen LogP contribution in [0.15, 0.2) is 0 Å². The van der Waals surface area contributed by atoms with E-state index in [-0.39, 0.29) is 12.8 Å². The molecule has 0 spiro atoms. The molecular formula is C39H68O8. The van der Waals surface area contributed by atoms with E-state index in [4.69, 9.17) is 0 Å². The molecule has 1 rings (SSSR count). The molecule has 0 aromatic rings. The summed E-state index contributed by atoms with van der Waals surface area (Å²) >= 11 is 0. The third-order valence-corrected chi connectivity index (χ3v) is 9.97. The number of carbonyl (C=O) groups excluding carboxylic acids is 5. The van der Waals surface area contributed by atoms with Crippen molar-refractivity contribution in [2.45, 2.75) is 212 Å². The lowest BCUT2D eigenvalue weighted by Crippen LogP contribution is -2.57. The molecule has 0 aliphatic heterocycles. The van der Waals surface area contributed by atoms with Crippen LogP contribution in [0.3, 0.4) is 0 Å². The number of ketones is 5. The van der Waals surface area contributed by atoms with Gasteiger partial charge in [0.25, 0.3) is 0 Å². The molecule has 0 bridgehead atoms. The molecule has 3 unspecified atom stereocenters. The van der Waals surface area contributed by atoms with Gasteiger partial charge in [0.15, 0.2) is 17.3 Å². The highest BCUT2D eigenvalue weighted by Crippen LogP contribution is 2.34. The Hall–Kier alpha value is -1.77. The monoisotopic (exact) mass is 664 g/mol. The molecule has 0 radical (unpaired) electrons. The molecule has 47 heavy (non-hydrogen) atoms. The maximum atomic E-state index is 13.6. The highest BCUT2D eigenvalue weighted by atomic mass is 16.4. The Morgan fingerprint density at radius 1 is 0.468 bits per heavy atom. The summed E-state index contributed by atoms with van der Waals surface area (Å²) in [6.07, 6.45) is 20.5. The summed E-state index contributed by atoms with van der Waals surface area (Å²) in [5.74, 6) is -6.71. The molecule has 0 amide bonds. The average molecular weight is 665 g/mol. The van der Waals surface area contributed by atoms with Gasteiger partial charge in [-0.25, -0.2) is 0 Å². The van der Waals surface area contributed by atoms with Crippen molar-refractivity contribution in [1.82, 2.24) is 0 Å². The minimum atomic E-state index is -3.00. The number of carbonyl (C=O) groups is 5. The van der Waals surface area contributed by atoms with Gasteiger partial charge in [0.1, 0.15) is 18.3 Å². The summed E-state index contributed by atoms with van der Waals surface area (Å²) in [6.45, 7) is 4.43. The molecule has 1 aliphatic rings. The molecule has 0 aromatic heterocycles. The number of Topliss-reactive ketones (excluding diaryl/α,β-unsaturated/α-hetero) is 5. The standard InChI is InChI=1S/C39H68O8/c1-3-5-7-9-11-13-15-17-19-21-23-25-27-29-31(40)39(37(46)35(44)33(42)34(43)36(45)38(39)47)32(41)30-28-26-24-22-20-18-16-14-12-10-8-6-4-2/h33-35,42-44H,3-30H2,1-2H3. The van der Waals surface area contributed by atoms with Crippen molar-refractivity contribution in [2.75, 3.05) is 0 Å². The maximum absolute atomic E-state index is 13.6. The Morgan fingerprint density at radius 2 is 0.745 bits per heavy atom. The van der Waals surface area contributed by atoms with E-state index in [1.54, 1.807) is 0 Å². The fourth-order valence-electron chi connectivity index (χ4n) is 6.80. The third kappa shape index (κ3) is 15.1. The van der Waals surface area contributed by atoms with E-state index < -0.39 is 52.6 Å². The molecule has 8 heteroatoms. The third-order valence-electron chi connectivity index (χ3n) is 9.97. The predicted octanol–water partition coefficient (Wildman–Crippen LogP) is 7.88. The van der Waals surface area contributed by atoms with E-state index >= 15 is 0 Å². The van der Waals surface area contributed by atoms with Crippen LogP contribution in [0.5, 0.6) is 0 Å². The molecule has 1 saturated carbocycles. The van der Waals surface area contributed by atoms with Crippen LogP contribution in [0, 0.1) is 5.41 Å². The van der Waals surface area contributed by atoms with Gasteiger partial charge in [-0.1, -0.05) is 168 Å². The minimum absolute atomic E-state index is 0.272. The summed E-state index contributed by atoms with van der Waals surface area (Å²) < 4.78 is 0. The topological polar surface area (TPSA) is 146 Å². The van der Waals surface area contributed by atoms with Gasteiger partial charge in [-0.15, -0.1) is 0 Å². The Bertz CT molecular complexity index is 871. The van der Waals surface area contributed by atoms with Gasteiger partial charge in [-0.3, -0.25) is 24.0 Å². The van der Waals surface area contributed by atoms with Gasteiger partial charge >= 0.3 is 0 Å². The van der Waals surface area contributed by atoms with Crippen molar-refractivity contribution in [1.29, 1.82) is 0 Å². The van der Waals surface area contributed by atoms with Crippen LogP contribution in [0.4, 0.5) is 0 Å². The first-order chi connectivity index (χ1) is 22.7. The van der Waals surface area contributed by atoms with Crippen molar-refractivity contribution in [3.8, 4) is 0 Å². The minimum Gasteiger partial charge on any atom is -0.387 e. The van der Waals surface area contributed by atoms with E-state index in [2.05, 4.69) is 13.8 Å². The first kappa shape index (κ1) is 43.3. The summed E-state index contributed by atoms with van der Waals surface area (Å²) in [5.41, 5.74) is -3.00. The lowest BCUT2D eigenvalue weighted by molar-refractivity contribution is -0.160. The SMILES string of the molecule is CCCCCCCCCCCCCCCC(=O)C1(C(=O)CCCCCCCCCCCCCCC)C(=O)C(=O)C(O)C(O)C(O)C1=O. The zero-order valence-corrected chi connectivity index (χ0v) is 29.9. The smallest absolute Gasteiger partial charge is 0.231 e. The summed E-state index contributed by atoms with van der Waals surface area (Å²) in [5, 5.41) is 30.8. The second-order valence-corrected chi connectivity index (χ2v) is 14.0. The van der Waals surface area contributed by atoms with Gasteiger partial charge in [0.05, 0.1) is 0 Å². The van der Waals surface area contributed by atoms with E-state index in [0.717, 1.165) is 51.4 Å². The zero-order valence-electron chi connectivity index (χ0n) is 29.9. The summed E-state index contributed by atoms with van der Waals surface area (Å²) in [6, 6.07) is 0. The van der Waals surface area contributed by atoms with E-state index in [1.807, 2.05) is 0 Å². The molecule has 272 valence electrons. The van der Waals surface area contributed by atoms with Crippen molar-refractivity contribution >= 4 is 28.9 Å². The highest BCUT2D eigenvalue weighted by molar-refractivity contribution is 6.57. The molecular weight excluding hydrogens is 596 g/mol. The molecule has 3 N–H and O–H groups in total. The second kappa shape index (κ2) is 26.1. The molecule has 0 saturated heterocycles.